The second-order valence-corrected chi connectivity index (χ2v) is 5.57. The molecule has 1 aliphatic rings. The van der Waals surface area contributed by atoms with Gasteiger partial charge in [-0.2, -0.15) is 0 Å². The Morgan fingerprint density at radius 1 is 1.41 bits per heavy atom. The Morgan fingerprint density at radius 3 is 2.88 bits per heavy atom. The largest absolute Gasteiger partial charge is 0.448 e. The van der Waals surface area contributed by atoms with Crippen LogP contribution in [0, 0.1) is 5.92 Å². The summed E-state index contributed by atoms with van der Waals surface area (Å²) in [5.74, 6) is 2.23. The summed E-state index contributed by atoms with van der Waals surface area (Å²) in [5, 5.41) is 3.65. The first-order valence-corrected chi connectivity index (χ1v) is 6.84. The fourth-order valence-electron chi connectivity index (χ4n) is 2.73. The molecular formula is C14H24N2O. The van der Waals surface area contributed by atoms with Crippen molar-refractivity contribution in [2.45, 2.75) is 65.0 Å². The van der Waals surface area contributed by atoms with Gasteiger partial charge in [0.25, 0.3) is 0 Å². The molecule has 17 heavy (non-hydrogen) atoms. The molecule has 1 heterocycles. The molecule has 1 N–H and O–H groups in total. The average molecular weight is 236 g/mol. The van der Waals surface area contributed by atoms with E-state index < -0.39 is 0 Å². The molecule has 3 nitrogen and oxygen atoms in total. The van der Waals surface area contributed by atoms with Gasteiger partial charge < -0.3 is 9.73 Å². The average Bonchev–Trinajstić information content (AvgIpc) is 2.76. The zero-order chi connectivity index (χ0) is 12.3. The Morgan fingerprint density at radius 2 is 2.18 bits per heavy atom. The molecule has 1 saturated carbocycles. The summed E-state index contributed by atoms with van der Waals surface area (Å²) >= 11 is 0. The van der Waals surface area contributed by atoms with E-state index in [1.807, 2.05) is 0 Å². The molecular weight excluding hydrogens is 212 g/mol. The lowest BCUT2D eigenvalue weighted by molar-refractivity contribution is 0.278. The van der Waals surface area contributed by atoms with Gasteiger partial charge in [0.2, 0.25) is 0 Å². The van der Waals surface area contributed by atoms with E-state index in [4.69, 9.17) is 4.42 Å². The first-order valence-electron chi connectivity index (χ1n) is 6.84. The zero-order valence-electron chi connectivity index (χ0n) is 11.2. The van der Waals surface area contributed by atoms with E-state index in [1.54, 1.807) is 6.39 Å². The third-order valence-corrected chi connectivity index (χ3v) is 3.84. The number of hydrogen-bond donors (Lipinski definition) is 1. The first-order chi connectivity index (χ1) is 8.18. The van der Waals surface area contributed by atoms with Crippen molar-refractivity contribution in [1.29, 1.82) is 0 Å². The minimum absolute atomic E-state index is 0.415. The van der Waals surface area contributed by atoms with E-state index in [9.17, 15) is 0 Å². The van der Waals surface area contributed by atoms with E-state index in [-0.39, 0.29) is 0 Å². The fourth-order valence-corrected chi connectivity index (χ4v) is 2.73. The van der Waals surface area contributed by atoms with Crippen LogP contribution in [0.4, 0.5) is 0 Å². The van der Waals surface area contributed by atoms with Crippen molar-refractivity contribution in [2.24, 2.45) is 5.92 Å². The maximum atomic E-state index is 5.44. The van der Waals surface area contributed by atoms with Gasteiger partial charge in [-0.05, 0) is 18.8 Å². The topological polar surface area (TPSA) is 38.1 Å². The van der Waals surface area contributed by atoms with E-state index in [0.717, 1.165) is 23.9 Å². The SMILES string of the molecule is CC(C)c1ocnc1CN[C@H]1CCCC[C@H]1C. The molecule has 1 aromatic heterocycles. The smallest absolute Gasteiger partial charge is 0.181 e. The van der Waals surface area contributed by atoms with Crippen LogP contribution in [0.15, 0.2) is 10.8 Å². The van der Waals surface area contributed by atoms with Crippen molar-refractivity contribution in [1.82, 2.24) is 10.3 Å². The molecule has 0 saturated heterocycles. The fraction of sp³-hybridized carbons (Fsp3) is 0.786. The number of nitrogens with one attached hydrogen (secondary N) is 1. The van der Waals surface area contributed by atoms with E-state index in [0.29, 0.717) is 12.0 Å². The summed E-state index contributed by atoms with van der Waals surface area (Å²) in [4.78, 5) is 4.32. The predicted octanol–water partition coefficient (Wildman–Crippen LogP) is 3.47. The molecule has 0 aromatic carbocycles. The highest BCUT2D eigenvalue weighted by molar-refractivity contribution is 5.11. The maximum absolute atomic E-state index is 5.44. The van der Waals surface area contributed by atoms with Gasteiger partial charge in [0, 0.05) is 18.5 Å². The Labute approximate surface area is 104 Å². The van der Waals surface area contributed by atoms with Gasteiger partial charge in [0.05, 0.1) is 5.69 Å². The zero-order valence-corrected chi connectivity index (χ0v) is 11.2. The molecule has 1 fully saturated rings. The highest BCUT2D eigenvalue weighted by Gasteiger charge is 2.21. The van der Waals surface area contributed by atoms with Gasteiger partial charge in [-0.3, -0.25) is 0 Å². The number of nitrogens with zero attached hydrogens (tertiary/aromatic N) is 1. The third kappa shape index (κ3) is 3.09. The number of oxazole rings is 1. The molecule has 0 radical (unpaired) electrons. The molecule has 0 spiro atoms. The molecule has 1 aromatic rings. The van der Waals surface area contributed by atoms with Crippen LogP contribution in [-0.2, 0) is 6.54 Å². The Hall–Kier alpha value is -0.830. The molecule has 2 atom stereocenters. The first kappa shape index (κ1) is 12.6. The van der Waals surface area contributed by atoms with Gasteiger partial charge >= 0.3 is 0 Å². The summed E-state index contributed by atoms with van der Waals surface area (Å²) in [7, 11) is 0. The van der Waals surface area contributed by atoms with E-state index in [1.165, 1.54) is 25.7 Å². The van der Waals surface area contributed by atoms with E-state index in [2.05, 4.69) is 31.1 Å². The van der Waals surface area contributed by atoms with Gasteiger partial charge in [-0.1, -0.05) is 33.6 Å². The second kappa shape index (κ2) is 5.67. The standard InChI is InChI=1S/C14H24N2O/c1-10(2)14-13(16-9-17-14)8-15-12-7-5-4-6-11(12)3/h9-12,15H,4-8H2,1-3H3/t11-,12+/m1/s1. The van der Waals surface area contributed by atoms with Crippen molar-refractivity contribution in [3.05, 3.63) is 17.8 Å². The van der Waals surface area contributed by atoms with Crippen LogP contribution >= 0.6 is 0 Å². The lowest BCUT2D eigenvalue weighted by Crippen LogP contribution is -2.37. The molecule has 0 aliphatic heterocycles. The second-order valence-electron chi connectivity index (χ2n) is 5.57. The summed E-state index contributed by atoms with van der Waals surface area (Å²) < 4.78 is 5.44. The quantitative estimate of drug-likeness (QED) is 0.870. The minimum atomic E-state index is 0.415. The summed E-state index contributed by atoms with van der Waals surface area (Å²) in [6.07, 6.45) is 6.97. The van der Waals surface area contributed by atoms with Crippen molar-refractivity contribution in [2.75, 3.05) is 0 Å². The van der Waals surface area contributed by atoms with Crippen LogP contribution in [-0.4, -0.2) is 11.0 Å². The lowest BCUT2D eigenvalue weighted by Gasteiger charge is -2.29. The highest BCUT2D eigenvalue weighted by Crippen LogP contribution is 2.24. The normalized spacial score (nSPS) is 25.4. The van der Waals surface area contributed by atoms with Crippen LogP contribution in [0.1, 0.15) is 63.8 Å². The number of aromatic nitrogens is 1. The van der Waals surface area contributed by atoms with Gasteiger partial charge in [-0.25, -0.2) is 4.98 Å². The third-order valence-electron chi connectivity index (χ3n) is 3.84. The molecule has 0 unspecified atom stereocenters. The van der Waals surface area contributed by atoms with Crippen LogP contribution in [0.3, 0.4) is 0 Å². The Kier molecular flexibility index (Phi) is 4.21. The number of hydrogen-bond acceptors (Lipinski definition) is 3. The summed E-state index contributed by atoms with van der Waals surface area (Å²) in [6.45, 7) is 7.49. The van der Waals surface area contributed by atoms with Gasteiger partial charge in [-0.15, -0.1) is 0 Å². The van der Waals surface area contributed by atoms with Gasteiger partial charge in [0.15, 0.2) is 6.39 Å². The summed E-state index contributed by atoms with van der Waals surface area (Å²) in [6, 6.07) is 0.653. The Balaban J connectivity index is 1.90. The summed E-state index contributed by atoms with van der Waals surface area (Å²) in [5.41, 5.74) is 1.08. The van der Waals surface area contributed by atoms with Crippen molar-refractivity contribution in [3.63, 3.8) is 0 Å². The minimum Gasteiger partial charge on any atom is -0.448 e. The molecule has 0 bridgehead atoms. The monoisotopic (exact) mass is 236 g/mol. The predicted molar refractivity (Wildman–Crippen MR) is 68.9 cm³/mol. The van der Waals surface area contributed by atoms with Crippen molar-refractivity contribution < 1.29 is 4.42 Å². The molecule has 96 valence electrons. The highest BCUT2D eigenvalue weighted by atomic mass is 16.3. The van der Waals surface area contributed by atoms with Crippen LogP contribution in [0.25, 0.3) is 0 Å². The van der Waals surface area contributed by atoms with Crippen LogP contribution < -0.4 is 5.32 Å². The van der Waals surface area contributed by atoms with Crippen LogP contribution in [0.5, 0.6) is 0 Å². The van der Waals surface area contributed by atoms with Gasteiger partial charge in [0.1, 0.15) is 5.76 Å². The molecule has 0 amide bonds. The van der Waals surface area contributed by atoms with Crippen molar-refractivity contribution in [3.8, 4) is 0 Å². The van der Waals surface area contributed by atoms with E-state index >= 15 is 0 Å². The molecule has 3 heteroatoms. The molecule has 1 aliphatic carbocycles. The maximum Gasteiger partial charge on any atom is 0.181 e. The molecule has 2 rings (SSSR count). The Bertz CT molecular complexity index is 346. The van der Waals surface area contributed by atoms with Crippen LogP contribution in [0.2, 0.25) is 0 Å². The number of rotatable bonds is 4. The van der Waals surface area contributed by atoms with Crippen molar-refractivity contribution >= 4 is 0 Å². The lowest BCUT2D eigenvalue weighted by atomic mass is 9.86.